The number of rotatable bonds is 2. The van der Waals surface area contributed by atoms with E-state index in [1.54, 1.807) is 0 Å². The summed E-state index contributed by atoms with van der Waals surface area (Å²) in [6.07, 6.45) is 3.90. The van der Waals surface area contributed by atoms with Gasteiger partial charge in [-0.05, 0) is 11.8 Å². The van der Waals surface area contributed by atoms with E-state index in [-0.39, 0.29) is 0 Å². The van der Waals surface area contributed by atoms with Gasteiger partial charge in [-0.3, -0.25) is 4.40 Å². The van der Waals surface area contributed by atoms with Crippen LogP contribution in [0.1, 0.15) is 50.9 Å². The zero-order chi connectivity index (χ0) is 11.0. The highest BCUT2D eigenvalue weighted by atomic mass is 15.0. The normalized spacial score (nSPS) is 11.9. The SMILES string of the molecule is CC(C)c1cc2nc(C(C)C)cn2cn1. The van der Waals surface area contributed by atoms with Crippen LogP contribution in [0, 0.1) is 0 Å². The Morgan fingerprint density at radius 2 is 1.73 bits per heavy atom. The van der Waals surface area contributed by atoms with Gasteiger partial charge >= 0.3 is 0 Å². The molecule has 0 spiro atoms. The summed E-state index contributed by atoms with van der Waals surface area (Å²) in [6, 6.07) is 2.07. The largest absolute Gasteiger partial charge is 0.290 e. The van der Waals surface area contributed by atoms with Gasteiger partial charge < -0.3 is 0 Å². The van der Waals surface area contributed by atoms with Gasteiger partial charge in [0.15, 0.2) is 0 Å². The summed E-state index contributed by atoms with van der Waals surface area (Å²) in [6.45, 7) is 8.59. The topological polar surface area (TPSA) is 30.2 Å². The van der Waals surface area contributed by atoms with Gasteiger partial charge in [0, 0.05) is 18.0 Å². The lowest BCUT2D eigenvalue weighted by atomic mass is 10.1. The number of nitrogens with zero attached hydrogens (tertiary/aromatic N) is 3. The lowest BCUT2D eigenvalue weighted by Gasteiger charge is -2.02. The van der Waals surface area contributed by atoms with E-state index in [0.29, 0.717) is 11.8 Å². The number of fused-ring (bicyclic) bond motifs is 1. The highest BCUT2D eigenvalue weighted by molar-refractivity contribution is 5.41. The minimum absolute atomic E-state index is 0.453. The molecule has 0 N–H and O–H groups in total. The molecule has 2 rings (SSSR count). The average molecular weight is 203 g/mol. The molecule has 0 amide bonds. The van der Waals surface area contributed by atoms with E-state index in [2.05, 4.69) is 49.9 Å². The van der Waals surface area contributed by atoms with Crippen LogP contribution in [0.3, 0.4) is 0 Å². The van der Waals surface area contributed by atoms with Crippen LogP contribution < -0.4 is 0 Å². The zero-order valence-corrected chi connectivity index (χ0v) is 9.73. The maximum absolute atomic E-state index is 4.58. The Morgan fingerprint density at radius 3 is 2.33 bits per heavy atom. The Balaban J connectivity index is 2.52. The van der Waals surface area contributed by atoms with Gasteiger partial charge in [-0.1, -0.05) is 27.7 Å². The summed E-state index contributed by atoms with van der Waals surface area (Å²) in [4.78, 5) is 8.98. The van der Waals surface area contributed by atoms with Gasteiger partial charge in [0.2, 0.25) is 0 Å². The van der Waals surface area contributed by atoms with Crippen molar-refractivity contribution in [3.63, 3.8) is 0 Å². The molecule has 0 aliphatic carbocycles. The maximum atomic E-state index is 4.58. The first-order valence-corrected chi connectivity index (χ1v) is 5.42. The average Bonchev–Trinajstić information content (AvgIpc) is 2.59. The molecule has 2 heterocycles. The van der Waals surface area contributed by atoms with Crippen LogP contribution in [0.2, 0.25) is 0 Å². The minimum Gasteiger partial charge on any atom is -0.290 e. The summed E-state index contributed by atoms with van der Waals surface area (Å²) < 4.78 is 1.99. The first-order valence-electron chi connectivity index (χ1n) is 5.42. The second kappa shape index (κ2) is 3.65. The zero-order valence-electron chi connectivity index (χ0n) is 9.73. The predicted molar refractivity (Wildman–Crippen MR) is 61.2 cm³/mol. The first kappa shape index (κ1) is 10.1. The smallest absolute Gasteiger partial charge is 0.140 e. The fourth-order valence-electron chi connectivity index (χ4n) is 1.52. The lowest BCUT2D eigenvalue weighted by molar-refractivity contribution is 0.811. The minimum atomic E-state index is 0.453. The molecule has 0 radical (unpaired) electrons. The third-order valence-corrected chi connectivity index (χ3v) is 2.57. The molecule has 0 saturated heterocycles. The molecule has 0 saturated carbocycles. The lowest BCUT2D eigenvalue weighted by Crippen LogP contribution is -1.95. The van der Waals surface area contributed by atoms with Crippen molar-refractivity contribution >= 4 is 5.65 Å². The van der Waals surface area contributed by atoms with Gasteiger partial charge in [0.25, 0.3) is 0 Å². The second-order valence-corrected chi connectivity index (χ2v) is 4.55. The van der Waals surface area contributed by atoms with E-state index >= 15 is 0 Å². The predicted octanol–water partition coefficient (Wildman–Crippen LogP) is 2.98. The Bertz CT molecular complexity index is 463. The van der Waals surface area contributed by atoms with Crippen LogP contribution in [0.15, 0.2) is 18.6 Å². The molecule has 0 aromatic carbocycles. The number of hydrogen-bond donors (Lipinski definition) is 0. The summed E-state index contributed by atoms with van der Waals surface area (Å²) >= 11 is 0. The van der Waals surface area contributed by atoms with Crippen LogP contribution in [-0.4, -0.2) is 14.4 Å². The molecule has 0 unspecified atom stereocenters. The molecule has 80 valence electrons. The van der Waals surface area contributed by atoms with Crippen molar-refractivity contribution < 1.29 is 0 Å². The molecular weight excluding hydrogens is 186 g/mol. The highest BCUT2D eigenvalue weighted by Crippen LogP contribution is 2.17. The van der Waals surface area contributed by atoms with Crippen molar-refractivity contribution in [1.29, 1.82) is 0 Å². The molecule has 3 heteroatoms. The van der Waals surface area contributed by atoms with Crippen molar-refractivity contribution in [3.8, 4) is 0 Å². The quantitative estimate of drug-likeness (QED) is 0.751. The van der Waals surface area contributed by atoms with E-state index < -0.39 is 0 Å². The molecule has 0 atom stereocenters. The van der Waals surface area contributed by atoms with Crippen LogP contribution in [0.5, 0.6) is 0 Å². The van der Waals surface area contributed by atoms with Crippen molar-refractivity contribution in [3.05, 3.63) is 30.0 Å². The summed E-state index contributed by atoms with van der Waals surface area (Å²) in [5.41, 5.74) is 3.22. The first-order chi connectivity index (χ1) is 7.08. The molecule has 2 aromatic heterocycles. The molecule has 0 fully saturated rings. The maximum Gasteiger partial charge on any atom is 0.140 e. The van der Waals surface area contributed by atoms with E-state index in [1.165, 1.54) is 0 Å². The summed E-state index contributed by atoms with van der Waals surface area (Å²) in [5.74, 6) is 0.918. The van der Waals surface area contributed by atoms with E-state index in [0.717, 1.165) is 17.0 Å². The Kier molecular flexibility index (Phi) is 2.47. The second-order valence-electron chi connectivity index (χ2n) is 4.55. The molecule has 0 bridgehead atoms. The van der Waals surface area contributed by atoms with Gasteiger partial charge in [-0.2, -0.15) is 0 Å². The van der Waals surface area contributed by atoms with E-state index in [1.807, 2.05) is 10.7 Å². The van der Waals surface area contributed by atoms with Crippen LogP contribution in [0.25, 0.3) is 5.65 Å². The Labute approximate surface area is 90.2 Å². The third kappa shape index (κ3) is 1.87. The van der Waals surface area contributed by atoms with Crippen molar-refractivity contribution in [1.82, 2.24) is 14.4 Å². The molecule has 15 heavy (non-hydrogen) atoms. The van der Waals surface area contributed by atoms with Crippen molar-refractivity contribution in [2.75, 3.05) is 0 Å². The summed E-state index contributed by atoms with van der Waals surface area (Å²) in [5, 5.41) is 0. The van der Waals surface area contributed by atoms with Gasteiger partial charge in [-0.25, -0.2) is 9.97 Å². The van der Waals surface area contributed by atoms with Crippen LogP contribution >= 0.6 is 0 Å². The Hall–Kier alpha value is -1.38. The van der Waals surface area contributed by atoms with Gasteiger partial charge in [0.1, 0.15) is 12.0 Å². The van der Waals surface area contributed by atoms with Crippen LogP contribution in [-0.2, 0) is 0 Å². The number of aromatic nitrogens is 3. The summed E-state index contributed by atoms with van der Waals surface area (Å²) in [7, 11) is 0. The van der Waals surface area contributed by atoms with E-state index in [9.17, 15) is 0 Å². The fourth-order valence-corrected chi connectivity index (χ4v) is 1.52. The van der Waals surface area contributed by atoms with E-state index in [4.69, 9.17) is 0 Å². The molecule has 2 aromatic rings. The van der Waals surface area contributed by atoms with Crippen molar-refractivity contribution in [2.45, 2.75) is 39.5 Å². The van der Waals surface area contributed by atoms with Gasteiger partial charge in [0.05, 0.1) is 5.69 Å². The number of imidazole rings is 1. The molecule has 3 nitrogen and oxygen atoms in total. The molecular formula is C12H17N3. The molecule has 0 aliphatic heterocycles. The monoisotopic (exact) mass is 203 g/mol. The number of hydrogen-bond acceptors (Lipinski definition) is 2. The highest BCUT2D eigenvalue weighted by Gasteiger charge is 2.07. The standard InChI is InChI=1S/C12H17N3/c1-8(2)10-5-12-14-11(9(3)4)6-15(12)7-13-10/h5-9H,1-4H3. The van der Waals surface area contributed by atoms with Gasteiger partial charge in [-0.15, -0.1) is 0 Å². The van der Waals surface area contributed by atoms with Crippen LogP contribution in [0.4, 0.5) is 0 Å². The third-order valence-electron chi connectivity index (χ3n) is 2.57. The fraction of sp³-hybridized carbons (Fsp3) is 0.500. The van der Waals surface area contributed by atoms with Crippen molar-refractivity contribution in [2.24, 2.45) is 0 Å². The molecule has 0 aliphatic rings. The Morgan fingerprint density at radius 1 is 1.07 bits per heavy atom.